The zero-order valence-corrected chi connectivity index (χ0v) is 10.5. The molecule has 0 fully saturated rings. The molecule has 0 aliphatic heterocycles. The second kappa shape index (κ2) is 3.59. The van der Waals surface area contributed by atoms with E-state index in [2.05, 4.69) is 33.6 Å². The molecule has 2 aromatic carbocycles. The van der Waals surface area contributed by atoms with E-state index < -0.39 is 0 Å². The molecular weight excluding hydrogens is 313 g/mol. The Morgan fingerprint density at radius 3 is 2.50 bits per heavy atom. The van der Waals surface area contributed by atoms with Crippen molar-refractivity contribution in [1.82, 2.24) is 4.98 Å². The van der Waals surface area contributed by atoms with Gasteiger partial charge in [0.05, 0.1) is 0 Å². The van der Waals surface area contributed by atoms with Gasteiger partial charge >= 0.3 is 0 Å². The molecule has 0 aliphatic rings. The lowest BCUT2D eigenvalue weighted by molar-refractivity contribution is 1.34. The molecule has 16 heavy (non-hydrogen) atoms. The number of aromatic nitrogens is 1. The van der Waals surface area contributed by atoms with Crippen LogP contribution in [0.25, 0.3) is 21.7 Å². The highest BCUT2D eigenvalue weighted by molar-refractivity contribution is 14.1. The minimum atomic E-state index is -0.0238. The van der Waals surface area contributed by atoms with E-state index in [1.807, 2.05) is 36.4 Å². The maximum atomic E-state index is 11.8. The number of nitrogens with one attached hydrogen (secondary N) is 1. The first-order valence-electron chi connectivity index (χ1n) is 4.96. The minimum Gasteiger partial charge on any atom is -0.321 e. The highest BCUT2D eigenvalue weighted by Crippen LogP contribution is 2.22. The molecule has 2 nitrogen and oxygen atoms in total. The number of H-pyrrole nitrogens is 1. The number of rotatable bonds is 0. The van der Waals surface area contributed by atoms with Crippen molar-refractivity contribution in [2.75, 3.05) is 0 Å². The van der Waals surface area contributed by atoms with Gasteiger partial charge in [-0.2, -0.15) is 0 Å². The summed E-state index contributed by atoms with van der Waals surface area (Å²) < 4.78 is 1.17. The molecule has 1 aromatic heterocycles. The minimum absolute atomic E-state index is 0.0238. The molecule has 0 bridgehead atoms. The molecule has 78 valence electrons. The van der Waals surface area contributed by atoms with Gasteiger partial charge in [0.2, 0.25) is 0 Å². The number of halogens is 1. The molecule has 0 atom stereocenters. The van der Waals surface area contributed by atoms with Gasteiger partial charge in [-0.1, -0.05) is 18.2 Å². The molecule has 0 radical (unpaired) electrons. The topological polar surface area (TPSA) is 32.9 Å². The fraction of sp³-hybridized carbons (Fsp3) is 0. The first-order valence-corrected chi connectivity index (χ1v) is 6.04. The van der Waals surface area contributed by atoms with E-state index in [0.717, 1.165) is 21.7 Å². The van der Waals surface area contributed by atoms with Crippen LogP contribution in [-0.2, 0) is 0 Å². The Morgan fingerprint density at radius 2 is 1.69 bits per heavy atom. The van der Waals surface area contributed by atoms with Crippen molar-refractivity contribution in [3.63, 3.8) is 0 Å². The highest BCUT2D eigenvalue weighted by atomic mass is 127. The normalized spacial score (nSPS) is 11.1. The number of aromatic amines is 1. The standard InChI is InChI=1S/C13H8INO/c14-8-5-6-12-11(7-8)9-3-1-2-4-10(9)13(16)15-12/h1-7H,(H,15,16). The van der Waals surface area contributed by atoms with Crippen LogP contribution in [0.15, 0.2) is 47.3 Å². The first-order chi connectivity index (χ1) is 7.75. The van der Waals surface area contributed by atoms with Gasteiger partial charge in [0.1, 0.15) is 0 Å². The number of fused-ring (bicyclic) bond motifs is 3. The van der Waals surface area contributed by atoms with Crippen molar-refractivity contribution in [3.05, 3.63) is 56.4 Å². The Bertz CT molecular complexity index is 746. The molecule has 1 N–H and O–H groups in total. The second-order valence-electron chi connectivity index (χ2n) is 3.69. The van der Waals surface area contributed by atoms with Gasteiger partial charge in [-0.05, 0) is 52.2 Å². The fourth-order valence-corrected chi connectivity index (χ4v) is 2.45. The van der Waals surface area contributed by atoms with E-state index in [1.54, 1.807) is 0 Å². The summed E-state index contributed by atoms with van der Waals surface area (Å²) in [6, 6.07) is 13.7. The summed E-state index contributed by atoms with van der Waals surface area (Å²) in [5.74, 6) is 0. The number of hydrogen-bond acceptors (Lipinski definition) is 1. The predicted molar refractivity (Wildman–Crippen MR) is 74.8 cm³/mol. The van der Waals surface area contributed by atoms with E-state index >= 15 is 0 Å². The van der Waals surface area contributed by atoms with Crippen LogP contribution in [-0.4, -0.2) is 4.98 Å². The average Bonchev–Trinajstić information content (AvgIpc) is 2.31. The molecular formula is C13H8INO. The van der Waals surface area contributed by atoms with Crippen LogP contribution in [0.2, 0.25) is 0 Å². The molecule has 3 heteroatoms. The smallest absolute Gasteiger partial charge is 0.256 e. The van der Waals surface area contributed by atoms with E-state index in [1.165, 1.54) is 3.57 Å². The summed E-state index contributed by atoms with van der Waals surface area (Å²) in [5.41, 5.74) is 0.869. The lowest BCUT2D eigenvalue weighted by atomic mass is 10.1. The van der Waals surface area contributed by atoms with Crippen LogP contribution in [0, 0.1) is 3.57 Å². The van der Waals surface area contributed by atoms with E-state index in [-0.39, 0.29) is 5.56 Å². The van der Waals surface area contributed by atoms with Gasteiger partial charge in [-0.15, -0.1) is 0 Å². The second-order valence-corrected chi connectivity index (χ2v) is 4.94. The van der Waals surface area contributed by atoms with Crippen molar-refractivity contribution in [2.24, 2.45) is 0 Å². The average molecular weight is 321 g/mol. The molecule has 0 amide bonds. The Balaban J connectivity index is 2.66. The van der Waals surface area contributed by atoms with Gasteiger partial charge in [-0.25, -0.2) is 0 Å². The van der Waals surface area contributed by atoms with Crippen LogP contribution >= 0.6 is 22.6 Å². The zero-order chi connectivity index (χ0) is 11.1. The number of benzene rings is 2. The number of pyridine rings is 1. The largest absolute Gasteiger partial charge is 0.321 e. The third-order valence-corrected chi connectivity index (χ3v) is 3.36. The summed E-state index contributed by atoms with van der Waals surface area (Å²) in [4.78, 5) is 14.7. The Labute approximate surface area is 105 Å². The molecule has 0 aliphatic carbocycles. The molecule has 3 aromatic rings. The Morgan fingerprint density at radius 1 is 0.938 bits per heavy atom. The van der Waals surface area contributed by atoms with Gasteiger partial charge in [0.25, 0.3) is 5.56 Å². The van der Waals surface area contributed by atoms with Gasteiger partial charge in [0, 0.05) is 19.9 Å². The maximum absolute atomic E-state index is 11.8. The lowest BCUT2D eigenvalue weighted by Gasteiger charge is -2.03. The van der Waals surface area contributed by atoms with Crippen LogP contribution in [0.5, 0.6) is 0 Å². The summed E-state index contributed by atoms with van der Waals surface area (Å²) in [6.45, 7) is 0. The SMILES string of the molecule is O=c1[nH]c2ccc(I)cc2c2ccccc12. The van der Waals surface area contributed by atoms with Crippen molar-refractivity contribution in [1.29, 1.82) is 0 Å². The van der Waals surface area contributed by atoms with Crippen molar-refractivity contribution in [3.8, 4) is 0 Å². The van der Waals surface area contributed by atoms with Gasteiger partial charge in [0.15, 0.2) is 0 Å². The van der Waals surface area contributed by atoms with Crippen LogP contribution < -0.4 is 5.56 Å². The quantitative estimate of drug-likeness (QED) is 0.500. The van der Waals surface area contributed by atoms with E-state index in [9.17, 15) is 4.79 Å². The monoisotopic (exact) mass is 321 g/mol. The Hall–Kier alpha value is -1.36. The van der Waals surface area contributed by atoms with Crippen molar-refractivity contribution < 1.29 is 0 Å². The predicted octanol–water partition coefficient (Wildman–Crippen LogP) is 3.29. The Kier molecular flexibility index (Phi) is 2.21. The summed E-state index contributed by atoms with van der Waals surface area (Å²) >= 11 is 2.28. The zero-order valence-electron chi connectivity index (χ0n) is 8.33. The van der Waals surface area contributed by atoms with Gasteiger partial charge in [-0.3, -0.25) is 4.79 Å². The van der Waals surface area contributed by atoms with Crippen LogP contribution in [0.4, 0.5) is 0 Å². The van der Waals surface area contributed by atoms with E-state index in [4.69, 9.17) is 0 Å². The molecule has 0 saturated carbocycles. The van der Waals surface area contributed by atoms with Crippen LogP contribution in [0.3, 0.4) is 0 Å². The number of hydrogen-bond donors (Lipinski definition) is 1. The summed E-state index contributed by atoms with van der Waals surface area (Å²) in [6.07, 6.45) is 0. The third kappa shape index (κ3) is 1.43. The lowest BCUT2D eigenvalue weighted by Crippen LogP contribution is -2.05. The molecule has 0 spiro atoms. The molecule has 1 heterocycles. The van der Waals surface area contributed by atoms with Crippen molar-refractivity contribution >= 4 is 44.3 Å². The first kappa shape index (κ1) is 9.84. The van der Waals surface area contributed by atoms with Gasteiger partial charge < -0.3 is 4.98 Å². The summed E-state index contributed by atoms with van der Waals surface area (Å²) in [7, 11) is 0. The fourth-order valence-electron chi connectivity index (χ4n) is 1.95. The highest BCUT2D eigenvalue weighted by Gasteiger charge is 2.04. The maximum Gasteiger partial charge on any atom is 0.256 e. The third-order valence-electron chi connectivity index (χ3n) is 2.69. The molecule has 0 saturated heterocycles. The van der Waals surface area contributed by atoms with Crippen LogP contribution in [0.1, 0.15) is 0 Å². The molecule has 0 unspecified atom stereocenters. The van der Waals surface area contributed by atoms with E-state index in [0.29, 0.717) is 0 Å². The molecule has 3 rings (SSSR count). The summed E-state index contributed by atoms with van der Waals surface area (Å²) in [5, 5.41) is 2.86. The van der Waals surface area contributed by atoms with Crippen molar-refractivity contribution in [2.45, 2.75) is 0 Å².